The number of methoxy groups -OCH3 is 1. The van der Waals surface area contributed by atoms with Crippen LogP contribution in [0.25, 0.3) is 0 Å². The van der Waals surface area contributed by atoms with E-state index in [4.69, 9.17) is 4.74 Å². The minimum atomic E-state index is -0.301. The first-order valence-corrected chi connectivity index (χ1v) is 8.76. The van der Waals surface area contributed by atoms with Crippen LogP contribution in [0.3, 0.4) is 0 Å². The number of carbonyl (C=O) groups is 1. The van der Waals surface area contributed by atoms with Crippen LogP contribution in [0.5, 0.6) is 0 Å². The molecular weight excluding hydrogens is 264 g/mol. The molecule has 0 aromatic carbocycles. The monoisotopic (exact) mass is 296 g/mol. The van der Waals surface area contributed by atoms with Crippen LogP contribution in [0.4, 0.5) is 0 Å². The number of rotatable bonds is 6. The predicted molar refractivity (Wildman–Crippen MR) is 85.3 cm³/mol. The summed E-state index contributed by atoms with van der Waals surface area (Å²) in [6, 6.07) is 0. The van der Waals surface area contributed by atoms with Crippen LogP contribution < -0.4 is 5.32 Å². The Morgan fingerprint density at radius 3 is 2.33 bits per heavy atom. The Kier molecular flexibility index (Phi) is 6.49. The maximum absolute atomic E-state index is 12.5. The van der Waals surface area contributed by atoms with Gasteiger partial charge in [-0.15, -0.1) is 0 Å². The highest BCUT2D eigenvalue weighted by atomic mass is 16.5. The molecule has 2 fully saturated rings. The summed E-state index contributed by atoms with van der Waals surface area (Å²) in [7, 11) is 1.63. The summed E-state index contributed by atoms with van der Waals surface area (Å²) < 4.78 is 5.31. The number of likely N-dealkylation sites (tertiary alicyclic amines) is 1. The van der Waals surface area contributed by atoms with E-state index in [-0.39, 0.29) is 17.6 Å². The van der Waals surface area contributed by atoms with E-state index in [1.165, 1.54) is 51.6 Å². The van der Waals surface area contributed by atoms with E-state index in [1.807, 2.05) is 6.92 Å². The molecule has 21 heavy (non-hydrogen) atoms. The minimum absolute atomic E-state index is 0.0153. The first-order chi connectivity index (χ1) is 10.2. The molecule has 1 heterocycles. The number of nitrogens with zero attached hydrogens (tertiary/aromatic N) is 1. The lowest BCUT2D eigenvalue weighted by atomic mass is 9.80. The molecule has 1 aliphatic carbocycles. The third-order valence-corrected chi connectivity index (χ3v) is 5.12. The van der Waals surface area contributed by atoms with Gasteiger partial charge < -0.3 is 15.0 Å². The summed E-state index contributed by atoms with van der Waals surface area (Å²) in [5.74, 6) is 0.0823. The van der Waals surface area contributed by atoms with Gasteiger partial charge in [-0.05, 0) is 45.2 Å². The van der Waals surface area contributed by atoms with Crippen molar-refractivity contribution in [2.75, 3.05) is 26.7 Å². The van der Waals surface area contributed by atoms with E-state index in [1.54, 1.807) is 7.11 Å². The summed E-state index contributed by atoms with van der Waals surface area (Å²) in [4.78, 5) is 15.0. The number of hydrogen-bond donors (Lipinski definition) is 1. The second kappa shape index (κ2) is 8.14. The maximum Gasteiger partial charge on any atom is 0.249 e. The Morgan fingerprint density at radius 2 is 1.76 bits per heavy atom. The van der Waals surface area contributed by atoms with Crippen LogP contribution in [-0.2, 0) is 9.53 Å². The zero-order chi connectivity index (χ0) is 15.1. The molecule has 1 atom stereocenters. The van der Waals surface area contributed by atoms with E-state index < -0.39 is 0 Å². The van der Waals surface area contributed by atoms with E-state index in [0.717, 1.165) is 25.8 Å². The topological polar surface area (TPSA) is 41.6 Å². The van der Waals surface area contributed by atoms with Gasteiger partial charge in [-0.2, -0.15) is 0 Å². The van der Waals surface area contributed by atoms with Crippen molar-refractivity contribution in [1.82, 2.24) is 10.2 Å². The van der Waals surface area contributed by atoms with Gasteiger partial charge in [-0.3, -0.25) is 4.79 Å². The molecule has 1 N–H and O–H groups in total. The zero-order valence-electron chi connectivity index (χ0n) is 13.8. The largest absolute Gasteiger partial charge is 0.372 e. The highest BCUT2D eigenvalue weighted by Gasteiger charge is 2.36. The van der Waals surface area contributed by atoms with Gasteiger partial charge in [-0.25, -0.2) is 0 Å². The average molecular weight is 296 g/mol. The van der Waals surface area contributed by atoms with Crippen molar-refractivity contribution in [2.45, 2.75) is 76.4 Å². The summed E-state index contributed by atoms with van der Waals surface area (Å²) in [6.45, 7) is 5.42. The third-order valence-electron chi connectivity index (χ3n) is 5.12. The average Bonchev–Trinajstić information content (AvgIpc) is 2.50. The molecule has 4 heteroatoms. The minimum Gasteiger partial charge on any atom is -0.372 e. The number of amides is 1. The molecule has 0 aromatic rings. The fourth-order valence-electron chi connectivity index (χ4n) is 3.90. The van der Waals surface area contributed by atoms with Crippen LogP contribution in [0.2, 0.25) is 0 Å². The lowest BCUT2D eigenvalue weighted by Crippen LogP contribution is -2.59. The molecule has 0 spiro atoms. The van der Waals surface area contributed by atoms with Gasteiger partial charge >= 0.3 is 0 Å². The molecule has 0 aromatic heterocycles. The van der Waals surface area contributed by atoms with Crippen molar-refractivity contribution in [2.24, 2.45) is 0 Å². The van der Waals surface area contributed by atoms with Crippen molar-refractivity contribution in [1.29, 1.82) is 0 Å². The van der Waals surface area contributed by atoms with Gasteiger partial charge in [-0.1, -0.05) is 32.6 Å². The van der Waals surface area contributed by atoms with E-state index in [2.05, 4.69) is 10.2 Å². The Balaban J connectivity index is 1.99. The standard InChI is InChI=1S/C17H32N2O2/c1-3-15(21-2)16(20)18-17(10-6-4-7-11-17)14-19-12-8-5-9-13-19/h15H,3-14H2,1-2H3,(H,18,20)/t15-/m1/s1. The number of ether oxygens (including phenoxy) is 1. The van der Waals surface area contributed by atoms with Crippen molar-refractivity contribution in [3.63, 3.8) is 0 Å². The molecular formula is C17H32N2O2. The smallest absolute Gasteiger partial charge is 0.249 e. The van der Waals surface area contributed by atoms with E-state index in [0.29, 0.717) is 0 Å². The lowest BCUT2D eigenvalue weighted by Gasteiger charge is -2.43. The number of nitrogens with one attached hydrogen (secondary N) is 1. The van der Waals surface area contributed by atoms with Crippen LogP contribution >= 0.6 is 0 Å². The van der Waals surface area contributed by atoms with Crippen LogP contribution in [0.15, 0.2) is 0 Å². The normalized spacial score (nSPS) is 24.5. The van der Waals surface area contributed by atoms with E-state index in [9.17, 15) is 4.79 Å². The number of carbonyl (C=O) groups excluding carboxylic acids is 1. The van der Waals surface area contributed by atoms with Gasteiger partial charge in [0.05, 0.1) is 5.54 Å². The lowest BCUT2D eigenvalue weighted by molar-refractivity contribution is -0.134. The highest BCUT2D eigenvalue weighted by molar-refractivity contribution is 5.81. The quantitative estimate of drug-likeness (QED) is 0.819. The Labute approximate surface area is 129 Å². The molecule has 1 amide bonds. The summed E-state index contributed by atoms with van der Waals surface area (Å²) >= 11 is 0. The maximum atomic E-state index is 12.5. The SMILES string of the molecule is CC[C@@H](OC)C(=O)NC1(CN2CCCCC2)CCCCC1. The second-order valence-electron chi connectivity index (χ2n) is 6.80. The van der Waals surface area contributed by atoms with Crippen LogP contribution in [0, 0.1) is 0 Å². The molecule has 1 saturated carbocycles. The summed E-state index contributed by atoms with van der Waals surface area (Å²) in [6.07, 6.45) is 10.4. The molecule has 122 valence electrons. The van der Waals surface area contributed by atoms with Gasteiger partial charge in [0.15, 0.2) is 0 Å². The molecule has 1 saturated heterocycles. The highest BCUT2D eigenvalue weighted by Crippen LogP contribution is 2.30. The van der Waals surface area contributed by atoms with Crippen molar-refractivity contribution in [3.8, 4) is 0 Å². The van der Waals surface area contributed by atoms with Crippen molar-refractivity contribution >= 4 is 5.91 Å². The Hall–Kier alpha value is -0.610. The number of piperidine rings is 1. The Morgan fingerprint density at radius 1 is 1.14 bits per heavy atom. The van der Waals surface area contributed by atoms with Gasteiger partial charge in [0.25, 0.3) is 0 Å². The molecule has 2 aliphatic rings. The fraction of sp³-hybridized carbons (Fsp3) is 0.941. The van der Waals surface area contributed by atoms with Gasteiger partial charge in [0.2, 0.25) is 5.91 Å². The van der Waals surface area contributed by atoms with Crippen molar-refractivity contribution < 1.29 is 9.53 Å². The van der Waals surface area contributed by atoms with Crippen LogP contribution in [-0.4, -0.2) is 49.2 Å². The first kappa shape index (κ1) is 16.8. The second-order valence-corrected chi connectivity index (χ2v) is 6.80. The van der Waals surface area contributed by atoms with Crippen molar-refractivity contribution in [3.05, 3.63) is 0 Å². The molecule has 0 unspecified atom stereocenters. The molecule has 2 rings (SSSR count). The predicted octanol–water partition coefficient (Wildman–Crippen LogP) is 2.72. The van der Waals surface area contributed by atoms with Gasteiger partial charge in [0.1, 0.15) is 6.10 Å². The van der Waals surface area contributed by atoms with Crippen LogP contribution in [0.1, 0.15) is 64.7 Å². The molecule has 1 aliphatic heterocycles. The zero-order valence-corrected chi connectivity index (χ0v) is 13.8. The summed E-state index contributed by atoms with van der Waals surface area (Å²) in [5, 5.41) is 3.38. The fourth-order valence-corrected chi connectivity index (χ4v) is 3.90. The van der Waals surface area contributed by atoms with Gasteiger partial charge in [0, 0.05) is 13.7 Å². The first-order valence-electron chi connectivity index (χ1n) is 8.76. The Bertz CT molecular complexity index is 317. The molecule has 4 nitrogen and oxygen atoms in total. The third kappa shape index (κ3) is 4.68. The van der Waals surface area contributed by atoms with E-state index >= 15 is 0 Å². The molecule has 0 bridgehead atoms. The summed E-state index contributed by atoms with van der Waals surface area (Å²) in [5.41, 5.74) is -0.0153. The number of hydrogen-bond acceptors (Lipinski definition) is 3. The molecule has 0 radical (unpaired) electrons.